The third-order valence-corrected chi connectivity index (χ3v) is 5.06. The number of benzene rings is 2. The van der Waals surface area contributed by atoms with Crippen LogP contribution in [0.1, 0.15) is 22.3 Å². The van der Waals surface area contributed by atoms with Gasteiger partial charge in [-0.3, -0.25) is 9.59 Å². The van der Waals surface area contributed by atoms with Crippen molar-refractivity contribution in [3.8, 4) is 0 Å². The summed E-state index contributed by atoms with van der Waals surface area (Å²) in [5.41, 5.74) is 2.03. The van der Waals surface area contributed by atoms with Crippen LogP contribution in [0.3, 0.4) is 0 Å². The Labute approximate surface area is 161 Å². The minimum atomic E-state index is -0.598. The van der Waals surface area contributed by atoms with Crippen molar-refractivity contribution in [2.24, 2.45) is 0 Å². The van der Waals surface area contributed by atoms with E-state index in [1.165, 1.54) is 0 Å². The number of carbonyl (C=O) groups is 3. The zero-order valence-corrected chi connectivity index (χ0v) is 15.5. The normalized spacial score (nSPS) is 13.1. The quantitative estimate of drug-likeness (QED) is 0.748. The van der Waals surface area contributed by atoms with Gasteiger partial charge in [-0.1, -0.05) is 30.3 Å². The zero-order valence-electron chi connectivity index (χ0n) is 14.7. The molecular weight excluding hydrogens is 364 g/mol. The number of esters is 1. The molecule has 140 valence electrons. The number of hydrogen-bond donors (Lipinski definition) is 2. The SMILES string of the molecule is O=C(COC(=O)c1ccc2c(c1)NC(=O)CCS2)NCCc1ccccc1. The maximum atomic E-state index is 12.2. The molecule has 0 spiro atoms. The van der Waals surface area contributed by atoms with Crippen LogP contribution in [-0.4, -0.2) is 36.7 Å². The van der Waals surface area contributed by atoms with Gasteiger partial charge in [-0.15, -0.1) is 11.8 Å². The van der Waals surface area contributed by atoms with Gasteiger partial charge in [0.15, 0.2) is 6.61 Å². The van der Waals surface area contributed by atoms with Gasteiger partial charge in [-0.2, -0.15) is 0 Å². The fourth-order valence-corrected chi connectivity index (χ4v) is 3.54. The van der Waals surface area contributed by atoms with E-state index in [1.54, 1.807) is 30.0 Å². The van der Waals surface area contributed by atoms with Gasteiger partial charge in [-0.25, -0.2) is 4.79 Å². The third-order valence-electron chi connectivity index (χ3n) is 3.99. The molecule has 3 rings (SSSR count). The van der Waals surface area contributed by atoms with Crippen LogP contribution >= 0.6 is 11.8 Å². The molecule has 27 heavy (non-hydrogen) atoms. The first-order valence-electron chi connectivity index (χ1n) is 8.66. The van der Waals surface area contributed by atoms with E-state index >= 15 is 0 Å². The highest BCUT2D eigenvalue weighted by atomic mass is 32.2. The predicted octanol–water partition coefficient (Wildman–Crippen LogP) is 2.64. The highest BCUT2D eigenvalue weighted by Crippen LogP contribution is 2.31. The second-order valence-corrected chi connectivity index (χ2v) is 7.16. The van der Waals surface area contributed by atoms with Crippen molar-refractivity contribution < 1.29 is 19.1 Å². The molecule has 0 aromatic heterocycles. The van der Waals surface area contributed by atoms with Crippen LogP contribution in [0.5, 0.6) is 0 Å². The van der Waals surface area contributed by atoms with Gasteiger partial charge in [0.05, 0.1) is 11.3 Å². The molecule has 0 saturated carbocycles. The van der Waals surface area contributed by atoms with Gasteiger partial charge < -0.3 is 15.4 Å². The molecule has 2 aromatic rings. The highest BCUT2D eigenvalue weighted by molar-refractivity contribution is 7.99. The monoisotopic (exact) mass is 384 g/mol. The summed E-state index contributed by atoms with van der Waals surface area (Å²) in [6.45, 7) is 0.133. The number of carbonyl (C=O) groups excluding carboxylic acids is 3. The number of nitrogens with one attached hydrogen (secondary N) is 2. The van der Waals surface area contributed by atoms with Crippen LogP contribution in [0.25, 0.3) is 0 Å². The first-order chi connectivity index (χ1) is 13.1. The summed E-state index contributed by atoms with van der Waals surface area (Å²) in [6.07, 6.45) is 1.14. The standard InChI is InChI=1S/C20H20N2O4S/c23-18-9-11-27-17-7-6-15(12-16(17)22-18)20(25)26-13-19(24)21-10-8-14-4-2-1-3-5-14/h1-7,12H,8-11,13H2,(H,21,24)(H,22,23). The Hall–Kier alpha value is -2.80. The van der Waals surface area contributed by atoms with Gasteiger partial charge >= 0.3 is 5.97 Å². The molecule has 0 radical (unpaired) electrons. The number of hydrogen-bond acceptors (Lipinski definition) is 5. The van der Waals surface area contributed by atoms with E-state index in [1.807, 2.05) is 30.3 Å². The smallest absolute Gasteiger partial charge is 0.338 e. The van der Waals surface area contributed by atoms with Crippen molar-refractivity contribution in [1.82, 2.24) is 5.32 Å². The third kappa shape index (κ3) is 5.59. The minimum absolute atomic E-state index is 0.0791. The zero-order chi connectivity index (χ0) is 19.1. The van der Waals surface area contributed by atoms with E-state index in [4.69, 9.17) is 4.74 Å². The fraction of sp³-hybridized carbons (Fsp3) is 0.250. The Kier molecular flexibility index (Phi) is 6.49. The summed E-state index contributed by atoms with van der Waals surface area (Å²) in [7, 11) is 0. The molecule has 1 aliphatic rings. The van der Waals surface area contributed by atoms with E-state index in [2.05, 4.69) is 10.6 Å². The Bertz CT molecular complexity index is 839. The van der Waals surface area contributed by atoms with Crippen molar-refractivity contribution in [2.45, 2.75) is 17.7 Å². The van der Waals surface area contributed by atoms with Gasteiger partial charge in [0.2, 0.25) is 5.91 Å². The molecule has 0 unspecified atom stereocenters. The van der Waals surface area contributed by atoms with Gasteiger partial charge in [0.25, 0.3) is 5.91 Å². The first-order valence-corrected chi connectivity index (χ1v) is 9.65. The maximum Gasteiger partial charge on any atom is 0.338 e. The van der Waals surface area contributed by atoms with E-state index in [0.29, 0.717) is 36.4 Å². The Morgan fingerprint density at radius 3 is 2.78 bits per heavy atom. The largest absolute Gasteiger partial charge is 0.452 e. The summed E-state index contributed by atoms with van der Waals surface area (Å²) in [4.78, 5) is 36.6. The molecule has 2 amide bonds. The molecule has 0 saturated heterocycles. The highest BCUT2D eigenvalue weighted by Gasteiger charge is 2.17. The Balaban J connectivity index is 1.47. The lowest BCUT2D eigenvalue weighted by atomic mass is 10.1. The number of anilines is 1. The molecule has 1 aliphatic heterocycles. The molecule has 7 heteroatoms. The lowest BCUT2D eigenvalue weighted by molar-refractivity contribution is -0.124. The van der Waals surface area contributed by atoms with Gasteiger partial charge in [-0.05, 0) is 30.2 Å². The van der Waals surface area contributed by atoms with E-state index in [9.17, 15) is 14.4 Å². The summed E-state index contributed by atoms with van der Waals surface area (Å²) in [5.74, 6) is -0.326. The summed E-state index contributed by atoms with van der Waals surface area (Å²) in [5, 5.41) is 5.50. The molecule has 0 bridgehead atoms. The van der Waals surface area contributed by atoms with Crippen LogP contribution in [0.15, 0.2) is 53.4 Å². The second-order valence-electron chi connectivity index (χ2n) is 6.02. The van der Waals surface area contributed by atoms with Crippen molar-refractivity contribution in [3.63, 3.8) is 0 Å². The van der Waals surface area contributed by atoms with Gasteiger partial charge in [0.1, 0.15) is 0 Å². The van der Waals surface area contributed by atoms with Crippen LogP contribution in [-0.2, 0) is 20.7 Å². The molecule has 1 heterocycles. The van der Waals surface area contributed by atoms with Crippen molar-refractivity contribution in [3.05, 3.63) is 59.7 Å². The molecular formula is C20H20N2O4S. The van der Waals surface area contributed by atoms with Gasteiger partial charge in [0, 0.05) is 23.6 Å². The van der Waals surface area contributed by atoms with E-state index in [-0.39, 0.29) is 18.4 Å². The summed E-state index contributed by atoms with van der Waals surface area (Å²) in [6, 6.07) is 14.8. The van der Waals surface area contributed by atoms with Crippen molar-refractivity contribution >= 4 is 35.2 Å². The van der Waals surface area contributed by atoms with Crippen molar-refractivity contribution in [2.75, 3.05) is 24.2 Å². The first kappa shape index (κ1) is 19.0. The Morgan fingerprint density at radius 2 is 1.96 bits per heavy atom. The second kappa shape index (κ2) is 9.23. The number of ether oxygens (including phenoxy) is 1. The number of rotatable bonds is 6. The minimum Gasteiger partial charge on any atom is -0.452 e. The van der Waals surface area contributed by atoms with Crippen LogP contribution in [0.4, 0.5) is 5.69 Å². The van der Waals surface area contributed by atoms with Crippen LogP contribution in [0.2, 0.25) is 0 Å². The van der Waals surface area contributed by atoms with E-state index in [0.717, 1.165) is 10.5 Å². The molecule has 0 aliphatic carbocycles. The number of thioether (sulfide) groups is 1. The lowest BCUT2D eigenvalue weighted by Crippen LogP contribution is -2.30. The average molecular weight is 384 g/mol. The van der Waals surface area contributed by atoms with Crippen LogP contribution in [0, 0.1) is 0 Å². The summed E-state index contributed by atoms with van der Waals surface area (Å²) >= 11 is 1.56. The van der Waals surface area contributed by atoms with Crippen LogP contribution < -0.4 is 10.6 Å². The maximum absolute atomic E-state index is 12.2. The predicted molar refractivity (Wildman–Crippen MR) is 104 cm³/mol. The molecule has 2 N–H and O–H groups in total. The molecule has 6 nitrogen and oxygen atoms in total. The molecule has 0 fully saturated rings. The van der Waals surface area contributed by atoms with E-state index < -0.39 is 5.97 Å². The molecule has 2 aromatic carbocycles. The number of fused-ring (bicyclic) bond motifs is 1. The fourth-order valence-electron chi connectivity index (χ4n) is 2.60. The number of amides is 2. The van der Waals surface area contributed by atoms with Crippen molar-refractivity contribution in [1.29, 1.82) is 0 Å². The topological polar surface area (TPSA) is 84.5 Å². The molecule has 0 atom stereocenters. The summed E-state index contributed by atoms with van der Waals surface area (Å²) < 4.78 is 5.07. The Morgan fingerprint density at radius 1 is 1.15 bits per heavy atom. The average Bonchev–Trinajstić information content (AvgIpc) is 2.86. The lowest BCUT2D eigenvalue weighted by Gasteiger charge is -2.09.